The van der Waals surface area contributed by atoms with Crippen LogP contribution < -0.4 is 0 Å². The van der Waals surface area contributed by atoms with E-state index in [4.69, 9.17) is 0 Å². The minimum Gasteiger partial charge on any atom is -0.0842 e. The van der Waals surface area contributed by atoms with Gasteiger partial charge in [0.2, 0.25) is 0 Å². The van der Waals surface area contributed by atoms with E-state index in [-0.39, 0.29) is 0 Å². The predicted molar refractivity (Wildman–Crippen MR) is 80.8 cm³/mol. The summed E-state index contributed by atoms with van der Waals surface area (Å²) in [7, 11) is 0. The van der Waals surface area contributed by atoms with E-state index in [0.29, 0.717) is 10.8 Å². The van der Waals surface area contributed by atoms with Gasteiger partial charge in [-0.2, -0.15) is 0 Å². The summed E-state index contributed by atoms with van der Waals surface area (Å²) in [6, 6.07) is 0. The van der Waals surface area contributed by atoms with E-state index in [1.165, 1.54) is 51.4 Å². The lowest BCUT2D eigenvalue weighted by Gasteiger charge is -2.56. The van der Waals surface area contributed by atoms with Crippen molar-refractivity contribution in [1.82, 2.24) is 0 Å². The topological polar surface area (TPSA) is 0 Å². The highest BCUT2D eigenvalue weighted by Gasteiger charge is 2.54. The van der Waals surface area contributed by atoms with Crippen molar-refractivity contribution in [1.29, 1.82) is 0 Å². The SMILES string of the molecule is C[C@@]12CCC[C@H]1[C@@H]1CC=C3C=CCC[C@]3(C)[C@@H]1CC2. The normalized spacial score (nSPS) is 52.1. The molecule has 0 heteroatoms. The second-order valence-electron chi connectivity index (χ2n) is 8.22. The third kappa shape index (κ3) is 1.58. The molecule has 0 bridgehead atoms. The summed E-state index contributed by atoms with van der Waals surface area (Å²) >= 11 is 0. The molecule has 4 aliphatic carbocycles. The zero-order valence-corrected chi connectivity index (χ0v) is 12.6. The van der Waals surface area contributed by atoms with Gasteiger partial charge in [0.15, 0.2) is 0 Å². The third-order valence-electron chi connectivity index (χ3n) is 7.43. The molecule has 0 nitrogen and oxygen atoms in total. The van der Waals surface area contributed by atoms with E-state index in [0.717, 1.165) is 17.8 Å². The van der Waals surface area contributed by atoms with Gasteiger partial charge in [-0.3, -0.25) is 0 Å². The molecule has 0 radical (unpaired) electrons. The summed E-state index contributed by atoms with van der Waals surface area (Å²) in [5.41, 5.74) is 2.90. The van der Waals surface area contributed by atoms with E-state index < -0.39 is 0 Å². The first-order chi connectivity index (χ1) is 9.13. The molecule has 0 amide bonds. The Balaban J connectivity index is 1.73. The van der Waals surface area contributed by atoms with Crippen LogP contribution in [0.25, 0.3) is 0 Å². The van der Waals surface area contributed by atoms with Crippen LogP contribution in [0.4, 0.5) is 0 Å². The van der Waals surface area contributed by atoms with Crippen LogP contribution in [0.15, 0.2) is 23.8 Å². The maximum atomic E-state index is 2.61. The fraction of sp³-hybridized carbons (Fsp3) is 0.789. The van der Waals surface area contributed by atoms with Gasteiger partial charge in [-0.15, -0.1) is 0 Å². The van der Waals surface area contributed by atoms with E-state index >= 15 is 0 Å². The molecule has 19 heavy (non-hydrogen) atoms. The highest BCUT2D eigenvalue weighted by atomic mass is 14.6. The lowest BCUT2D eigenvalue weighted by molar-refractivity contribution is -0.0179. The highest BCUT2D eigenvalue weighted by molar-refractivity contribution is 5.33. The van der Waals surface area contributed by atoms with Crippen molar-refractivity contribution in [2.75, 3.05) is 0 Å². The molecule has 0 unspecified atom stereocenters. The van der Waals surface area contributed by atoms with Crippen LogP contribution in [0, 0.1) is 28.6 Å². The predicted octanol–water partition coefficient (Wildman–Crippen LogP) is 5.51. The van der Waals surface area contributed by atoms with Gasteiger partial charge in [-0.25, -0.2) is 0 Å². The van der Waals surface area contributed by atoms with Crippen molar-refractivity contribution in [3.63, 3.8) is 0 Å². The Kier molecular flexibility index (Phi) is 2.57. The maximum absolute atomic E-state index is 2.61. The fourth-order valence-corrected chi connectivity index (χ4v) is 6.29. The first-order valence-electron chi connectivity index (χ1n) is 8.51. The van der Waals surface area contributed by atoms with Crippen LogP contribution in [0.1, 0.15) is 65.2 Å². The lowest BCUT2D eigenvalue weighted by Crippen LogP contribution is -2.47. The van der Waals surface area contributed by atoms with Crippen LogP contribution in [-0.2, 0) is 0 Å². The maximum Gasteiger partial charge on any atom is -0.00445 e. The van der Waals surface area contributed by atoms with Gasteiger partial charge < -0.3 is 0 Å². The number of hydrogen-bond donors (Lipinski definition) is 0. The van der Waals surface area contributed by atoms with Gasteiger partial charge in [0.25, 0.3) is 0 Å². The molecule has 0 aliphatic heterocycles. The summed E-state index contributed by atoms with van der Waals surface area (Å²) in [4.78, 5) is 0. The van der Waals surface area contributed by atoms with Crippen molar-refractivity contribution in [2.45, 2.75) is 65.2 Å². The quantitative estimate of drug-likeness (QED) is 0.536. The second kappa shape index (κ2) is 3.99. The fourth-order valence-electron chi connectivity index (χ4n) is 6.29. The van der Waals surface area contributed by atoms with Crippen molar-refractivity contribution in [2.24, 2.45) is 28.6 Å². The van der Waals surface area contributed by atoms with E-state index in [2.05, 4.69) is 32.1 Å². The largest absolute Gasteiger partial charge is 0.0842 e. The van der Waals surface area contributed by atoms with Crippen molar-refractivity contribution in [3.05, 3.63) is 23.8 Å². The van der Waals surface area contributed by atoms with Gasteiger partial charge in [0, 0.05) is 0 Å². The van der Waals surface area contributed by atoms with Crippen LogP contribution in [-0.4, -0.2) is 0 Å². The van der Waals surface area contributed by atoms with Crippen LogP contribution >= 0.6 is 0 Å². The Morgan fingerprint density at radius 3 is 2.84 bits per heavy atom. The molecule has 2 fully saturated rings. The monoisotopic (exact) mass is 256 g/mol. The average molecular weight is 256 g/mol. The number of rotatable bonds is 0. The summed E-state index contributed by atoms with van der Waals surface area (Å²) in [6.45, 7) is 5.18. The van der Waals surface area contributed by atoms with E-state index in [9.17, 15) is 0 Å². The minimum atomic E-state index is 0.515. The first kappa shape index (κ1) is 12.2. The Morgan fingerprint density at radius 1 is 1.05 bits per heavy atom. The molecule has 0 spiro atoms. The van der Waals surface area contributed by atoms with Gasteiger partial charge in [0.05, 0.1) is 0 Å². The van der Waals surface area contributed by atoms with E-state index in [1.807, 2.05) is 0 Å². The van der Waals surface area contributed by atoms with Gasteiger partial charge in [0.1, 0.15) is 0 Å². The lowest BCUT2D eigenvalue weighted by atomic mass is 9.49. The molecule has 4 rings (SSSR count). The second-order valence-corrected chi connectivity index (χ2v) is 8.22. The third-order valence-corrected chi connectivity index (χ3v) is 7.43. The highest BCUT2D eigenvalue weighted by Crippen LogP contribution is 2.64. The number of allylic oxidation sites excluding steroid dienone is 4. The molecule has 0 saturated heterocycles. The number of hydrogen-bond acceptors (Lipinski definition) is 0. The summed E-state index contributed by atoms with van der Waals surface area (Å²) in [6.07, 6.45) is 19.1. The molecule has 0 aromatic heterocycles. The molecule has 0 heterocycles. The van der Waals surface area contributed by atoms with Crippen LogP contribution in [0.3, 0.4) is 0 Å². The molecule has 0 aromatic carbocycles. The van der Waals surface area contributed by atoms with Crippen molar-refractivity contribution >= 4 is 0 Å². The Hall–Kier alpha value is -0.520. The van der Waals surface area contributed by atoms with E-state index in [1.54, 1.807) is 5.57 Å². The number of fused-ring (bicyclic) bond motifs is 5. The van der Waals surface area contributed by atoms with Crippen LogP contribution in [0.5, 0.6) is 0 Å². The van der Waals surface area contributed by atoms with Crippen LogP contribution in [0.2, 0.25) is 0 Å². The standard InChI is InChI=1S/C19H28/c1-18-11-5-7-16(18)15-9-8-14-6-3-4-12-19(14,2)17(15)10-13-18/h3,6,8,15-17H,4-5,7,9-13H2,1-2H3/t15-,16-,17+,18-,19-/m0/s1. The summed E-state index contributed by atoms with van der Waals surface area (Å²) in [5.74, 6) is 3.02. The smallest absolute Gasteiger partial charge is 0.00445 e. The summed E-state index contributed by atoms with van der Waals surface area (Å²) < 4.78 is 0. The van der Waals surface area contributed by atoms with Crippen molar-refractivity contribution in [3.8, 4) is 0 Å². The molecule has 2 saturated carbocycles. The minimum absolute atomic E-state index is 0.515. The van der Waals surface area contributed by atoms with Crippen molar-refractivity contribution < 1.29 is 0 Å². The van der Waals surface area contributed by atoms with Gasteiger partial charge in [-0.05, 0) is 79.1 Å². The Labute approximate surface area is 118 Å². The molecule has 0 aromatic rings. The zero-order valence-electron chi connectivity index (χ0n) is 12.6. The summed E-state index contributed by atoms with van der Waals surface area (Å²) in [5, 5.41) is 0. The zero-order chi connectivity index (χ0) is 13.1. The Bertz CT molecular complexity index is 443. The molecule has 4 aliphatic rings. The average Bonchev–Trinajstić information content (AvgIpc) is 2.79. The molecule has 5 atom stereocenters. The Morgan fingerprint density at radius 2 is 1.95 bits per heavy atom. The molecule has 0 N–H and O–H groups in total. The van der Waals surface area contributed by atoms with Gasteiger partial charge in [-0.1, -0.05) is 38.5 Å². The first-order valence-corrected chi connectivity index (χ1v) is 8.51. The molecule has 104 valence electrons. The molecular formula is C19H28. The molecular weight excluding hydrogens is 228 g/mol. The van der Waals surface area contributed by atoms with Gasteiger partial charge >= 0.3 is 0 Å².